The van der Waals surface area contributed by atoms with Crippen molar-refractivity contribution in [3.63, 3.8) is 0 Å². The van der Waals surface area contributed by atoms with Crippen LogP contribution in [-0.4, -0.2) is 23.4 Å². The Morgan fingerprint density at radius 2 is 1.55 bits per heavy atom. The van der Waals surface area contributed by atoms with E-state index in [-0.39, 0.29) is 24.3 Å². The zero-order valence-electron chi connectivity index (χ0n) is 16.3. The highest BCUT2D eigenvalue weighted by Crippen LogP contribution is 2.38. The minimum Gasteiger partial charge on any atom is -0.478 e. The lowest BCUT2D eigenvalue weighted by atomic mass is 9.96. The van der Waals surface area contributed by atoms with Gasteiger partial charge < -0.3 is 5.11 Å². The number of alkyl halides is 9. The molecule has 0 aliphatic heterocycles. The van der Waals surface area contributed by atoms with E-state index in [9.17, 15) is 53.1 Å². The number of hydrogen-bond acceptors (Lipinski definition) is 1. The molecule has 0 aromatic heterocycles. The molecular weight excluding hydrogens is 481 g/mol. The van der Waals surface area contributed by atoms with Crippen molar-refractivity contribution in [3.05, 3.63) is 76.7 Å². The molecule has 0 bridgehead atoms. The minimum absolute atomic E-state index is 0.0174. The first-order valence-electron chi connectivity index (χ1n) is 8.46. The van der Waals surface area contributed by atoms with Crippen molar-refractivity contribution in [1.29, 1.82) is 0 Å². The maximum Gasteiger partial charge on any atom is 0.417 e. The van der Waals surface area contributed by atoms with Crippen LogP contribution in [0.2, 0.25) is 0 Å². The van der Waals surface area contributed by atoms with E-state index in [0.29, 0.717) is 19.1 Å². The maximum absolute atomic E-state index is 14.4. The van der Waals surface area contributed by atoms with Gasteiger partial charge in [0, 0.05) is 5.56 Å². The zero-order valence-corrected chi connectivity index (χ0v) is 16.3. The first-order valence-corrected chi connectivity index (χ1v) is 8.46. The highest BCUT2D eigenvalue weighted by Gasteiger charge is 2.40. The van der Waals surface area contributed by atoms with Crippen LogP contribution in [-0.2, 0) is 6.18 Å². The summed E-state index contributed by atoms with van der Waals surface area (Å²) in [5.41, 5.74) is -7.04. The normalized spacial score (nSPS) is 15.5. The van der Waals surface area contributed by atoms with Crippen molar-refractivity contribution >= 4 is 11.8 Å². The summed E-state index contributed by atoms with van der Waals surface area (Å²) < 4.78 is 144. The van der Waals surface area contributed by atoms with E-state index in [1.807, 2.05) is 0 Å². The summed E-state index contributed by atoms with van der Waals surface area (Å²) >= 11 is 0. The highest BCUT2D eigenvalue weighted by atomic mass is 19.4. The third-order valence-corrected chi connectivity index (χ3v) is 4.12. The van der Waals surface area contributed by atoms with E-state index in [2.05, 4.69) is 6.58 Å². The number of carbonyl (C=O) groups is 1. The van der Waals surface area contributed by atoms with Gasteiger partial charge in [-0.3, -0.25) is 0 Å². The monoisotopic (exact) mass is 494 g/mol. The second-order valence-corrected chi connectivity index (χ2v) is 6.48. The molecule has 0 spiro atoms. The average molecular weight is 494 g/mol. The Balaban J connectivity index is 3.45. The lowest BCUT2D eigenvalue weighted by molar-refractivity contribution is -0.150. The molecule has 1 aromatic carbocycles. The van der Waals surface area contributed by atoms with Crippen molar-refractivity contribution in [2.24, 2.45) is 5.92 Å². The number of carboxylic acids is 1. The number of allylic oxidation sites excluding steroid dienone is 6. The van der Waals surface area contributed by atoms with Gasteiger partial charge in [-0.1, -0.05) is 18.7 Å². The Hall–Kier alpha value is -3.12. The van der Waals surface area contributed by atoms with Crippen LogP contribution in [0.5, 0.6) is 0 Å². The third-order valence-electron chi connectivity index (χ3n) is 4.12. The topological polar surface area (TPSA) is 37.3 Å². The van der Waals surface area contributed by atoms with Gasteiger partial charge in [-0.15, -0.1) is 0 Å². The highest BCUT2D eigenvalue weighted by molar-refractivity contribution is 5.90. The van der Waals surface area contributed by atoms with Gasteiger partial charge in [0.05, 0.1) is 16.7 Å². The van der Waals surface area contributed by atoms with Gasteiger partial charge in [-0.2, -0.15) is 39.5 Å². The molecule has 1 aromatic rings. The van der Waals surface area contributed by atoms with E-state index in [4.69, 9.17) is 5.11 Å². The maximum atomic E-state index is 14.4. The second kappa shape index (κ2) is 9.79. The fraction of sp³-hybridized carbons (Fsp3) is 0.250. The standard InChI is InChI=1S/C20H13F11O2/c1-9(3-6-15(21)10(2)18(23,24)25)13(19(26,27)28)8-16(22)11-4-5-12(17(32)33)14(7-11)20(29,30)31/h3-8,13H,1H2,2H3,(H,32,33)/b6-3-,15-10-,16-8-. The molecule has 1 N–H and O–H groups in total. The Kier molecular flexibility index (Phi) is 8.28. The quantitative estimate of drug-likeness (QED) is 0.324. The van der Waals surface area contributed by atoms with Crippen LogP contribution in [0.1, 0.15) is 28.4 Å². The molecule has 0 saturated carbocycles. The molecule has 2 nitrogen and oxygen atoms in total. The SMILES string of the molecule is C=C(/C=C\C(F)=C(/C)C(F)(F)F)C(/C=C(\F)c1ccc(C(=O)O)c(C(F)(F)F)c1)C(F)(F)F. The largest absolute Gasteiger partial charge is 0.478 e. The molecule has 33 heavy (non-hydrogen) atoms. The van der Waals surface area contributed by atoms with E-state index in [0.717, 1.165) is 0 Å². The lowest BCUT2D eigenvalue weighted by Crippen LogP contribution is -2.22. The molecule has 0 fully saturated rings. The molecule has 1 atom stereocenters. The third kappa shape index (κ3) is 7.46. The lowest BCUT2D eigenvalue weighted by Gasteiger charge is -2.18. The van der Waals surface area contributed by atoms with Crippen molar-refractivity contribution in [1.82, 2.24) is 0 Å². The molecule has 0 aliphatic carbocycles. The first-order chi connectivity index (χ1) is 14.8. The molecule has 0 saturated heterocycles. The van der Waals surface area contributed by atoms with Crippen molar-refractivity contribution in [3.8, 4) is 0 Å². The van der Waals surface area contributed by atoms with E-state index >= 15 is 0 Å². The van der Waals surface area contributed by atoms with Gasteiger partial charge in [0.2, 0.25) is 0 Å². The van der Waals surface area contributed by atoms with Gasteiger partial charge in [0.25, 0.3) is 0 Å². The fourth-order valence-corrected chi connectivity index (χ4v) is 2.31. The van der Waals surface area contributed by atoms with Crippen molar-refractivity contribution in [2.45, 2.75) is 25.5 Å². The predicted molar refractivity (Wildman–Crippen MR) is 95.2 cm³/mol. The number of hydrogen-bond donors (Lipinski definition) is 1. The average Bonchev–Trinajstić information content (AvgIpc) is 2.66. The van der Waals surface area contributed by atoms with E-state index < -0.39 is 69.9 Å². The molecule has 0 heterocycles. The van der Waals surface area contributed by atoms with Gasteiger partial charge in [0.1, 0.15) is 17.6 Å². The zero-order chi connectivity index (χ0) is 25.9. The van der Waals surface area contributed by atoms with Crippen molar-refractivity contribution < 1.29 is 58.2 Å². The Morgan fingerprint density at radius 1 is 1.00 bits per heavy atom. The Bertz CT molecular complexity index is 1010. The number of rotatable bonds is 6. The number of benzene rings is 1. The smallest absolute Gasteiger partial charge is 0.417 e. The van der Waals surface area contributed by atoms with Crippen LogP contribution in [0, 0.1) is 5.92 Å². The molecule has 0 aliphatic rings. The fourth-order valence-electron chi connectivity index (χ4n) is 2.31. The molecular formula is C20H13F11O2. The summed E-state index contributed by atoms with van der Waals surface area (Å²) in [6.45, 7) is 3.23. The summed E-state index contributed by atoms with van der Waals surface area (Å²) in [7, 11) is 0. The van der Waals surface area contributed by atoms with Crippen LogP contribution in [0.4, 0.5) is 48.3 Å². The van der Waals surface area contributed by atoms with Crippen LogP contribution in [0.3, 0.4) is 0 Å². The van der Waals surface area contributed by atoms with Gasteiger partial charge >= 0.3 is 24.5 Å². The molecule has 13 heteroatoms. The molecule has 182 valence electrons. The summed E-state index contributed by atoms with van der Waals surface area (Å²) in [5, 5.41) is 8.80. The summed E-state index contributed by atoms with van der Waals surface area (Å²) in [6.07, 6.45) is -15.7. The van der Waals surface area contributed by atoms with Crippen LogP contribution in [0.25, 0.3) is 5.83 Å². The van der Waals surface area contributed by atoms with Gasteiger partial charge in [-0.05, 0) is 36.8 Å². The number of halogens is 11. The van der Waals surface area contributed by atoms with E-state index in [1.165, 1.54) is 0 Å². The Labute approximate surface area is 179 Å². The first kappa shape index (κ1) is 27.9. The minimum atomic E-state index is -5.31. The molecule has 0 amide bonds. The molecule has 1 rings (SSSR count). The number of aromatic carboxylic acids is 1. The summed E-state index contributed by atoms with van der Waals surface area (Å²) in [4.78, 5) is 10.9. The summed E-state index contributed by atoms with van der Waals surface area (Å²) in [6, 6.07) is 0.813. The van der Waals surface area contributed by atoms with Crippen LogP contribution >= 0.6 is 0 Å². The van der Waals surface area contributed by atoms with Crippen LogP contribution in [0.15, 0.2) is 60.0 Å². The molecule has 0 radical (unpaired) electrons. The predicted octanol–water partition coefficient (Wildman–Crippen LogP) is 7.81. The van der Waals surface area contributed by atoms with Gasteiger partial charge in [0.15, 0.2) is 0 Å². The summed E-state index contributed by atoms with van der Waals surface area (Å²) in [5.74, 6) is -8.78. The second-order valence-electron chi connectivity index (χ2n) is 6.48. The molecule has 1 unspecified atom stereocenters. The Morgan fingerprint density at radius 3 is 1.97 bits per heavy atom. The van der Waals surface area contributed by atoms with E-state index in [1.54, 1.807) is 0 Å². The van der Waals surface area contributed by atoms with Gasteiger partial charge in [-0.25, -0.2) is 13.6 Å². The van der Waals surface area contributed by atoms with Crippen LogP contribution < -0.4 is 0 Å². The van der Waals surface area contributed by atoms with Crippen molar-refractivity contribution in [2.75, 3.05) is 0 Å². The number of carboxylic acid groups (broad SMARTS) is 1.